The SMILES string of the molecule is Cc1cc(F)cc(C(N)c2ccc(C)s2)c1. The molecule has 16 heavy (non-hydrogen) atoms. The number of nitrogens with two attached hydrogens (primary N) is 1. The van der Waals surface area contributed by atoms with Gasteiger partial charge in [-0.25, -0.2) is 4.39 Å². The first-order valence-electron chi connectivity index (χ1n) is 5.15. The maximum Gasteiger partial charge on any atom is 0.123 e. The summed E-state index contributed by atoms with van der Waals surface area (Å²) in [7, 11) is 0. The maximum atomic E-state index is 13.3. The van der Waals surface area contributed by atoms with E-state index in [2.05, 4.69) is 0 Å². The summed E-state index contributed by atoms with van der Waals surface area (Å²) in [5.74, 6) is -0.223. The van der Waals surface area contributed by atoms with Crippen LogP contribution in [0.2, 0.25) is 0 Å². The molecule has 84 valence electrons. The molecule has 1 unspecified atom stereocenters. The minimum Gasteiger partial charge on any atom is -0.320 e. The van der Waals surface area contributed by atoms with Gasteiger partial charge in [0, 0.05) is 9.75 Å². The molecular weight excluding hydrogens is 221 g/mol. The lowest BCUT2D eigenvalue weighted by Crippen LogP contribution is -2.10. The van der Waals surface area contributed by atoms with Gasteiger partial charge in [-0.05, 0) is 49.2 Å². The predicted octanol–water partition coefficient (Wildman–Crippen LogP) is 3.55. The van der Waals surface area contributed by atoms with Gasteiger partial charge in [0.05, 0.1) is 6.04 Å². The van der Waals surface area contributed by atoms with Crippen LogP contribution in [0.1, 0.15) is 26.9 Å². The molecule has 0 radical (unpaired) electrons. The fourth-order valence-corrected chi connectivity index (χ4v) is 2.64. The smallest absolute Gasteiger partial charge is 0.123 e. The third-order valence-electron chi connectivity index (χ3n) is 2.49. The van der Waals surface area contributed by atoms with Crippen LogP contribution in [-0.2, 0) is 0 Å². The molecule has 0 saturated carbocycles. The van der Waals surface area contributed by atoms with Crippen LogP contribution in [0.4, 0.5) is 4.39 Å². The highest BCUT2D eigenvalue weighted by atomic mass is 32.1. The standard InChI is InChI=1S/C13H14FNS/c1-8-5-10(7-11(14)6-8)13(15)12-4-3-9(2)16-12/h3-7,13H,15H2,1-2H3. The minimum absolute atomic E-state index is 0.223. The predicted molar refractivity (Wildman–Crippen MR) is 66.2 cm³/mol. The number of hydrogen-bond acceptors (Lipinski definition) is 2. The second-order valence-corrected chi connectivity index (χ2v) is 5.31. The zero-order valence-electron chi connectivity index (χ0n) is 9.33. The number of hydrogen-bond donors (Lipinski definition) is 1. The van der Waals surface area contributed by atoms with E-state index in [4.69, 9.17) is 5.73 Å². The van der Waals surface area contributed by atoms with Gasteiger partial charge in [0.25, 0.3) is 0 Å². The first kappa shape index (κ1) is 11.3. The number of thiophene rings is 1. The highest BCUT2D eigenvalue weighted by molar-refractivity contribution is 7.12. The Balaban J connectivity index is 2.37. The van der Waals surface area contributed by atoms with Gasteiger partial charge in [-0.3, -0.25) is 0 Å². The molecule has 0 fully saturated rings. The van der Waals surface area contributed by atoms with E-state index in [1.165, 1.54) is 17.0 Å². The Labute approximate surface area is 98.7 Å². The van der Waals surface area contributed by atoms with E-state index in [9.17, 15) is 4.39 Å². The van der Waals surface area contributed by atoms with Gasteiger partial charge in [-0.15, -0.1) is 11.3 Å². The fraction of sp³-hybridized carbons (Fsp3) is 0.231. The summed E-state index contributed by atoms with van der Waals surface area (Å²) in [6, 6.07) is 8.76. The lowest BCUT2D eigenvalue weighted by molar-refractivity contribution is 0.622. The molecule has 0 aliphatic carbocycles. The molecule has 0 aliphatic heterocycles. The van der Waals surface area contributed by atoms with Crippen LogP contribution in [0.5, 0.6) is 0 Å². The molecule has 3 heteroatoms. The Morgan fingerprint density at radius 1 is 1.19 bits per heavy atom. The molecule has 0 amide bonds. The fourth-order valence-electron chi connectivity index (χ4n) is 1.73. The van der Waals surface area contributed by atoms with Gasteiger partial charge in [-0.2, -0.15) is 0 Å². The van der Waals surface area contributed by atoms with Crippen LogP contribution in [0.25, 0.3) is 0 Å². The average Bonchev–Trinajstić information content (AvgIpc) is 2.62. The lowest BCUT2D eigenvalue weighted by Gasteiger charge is -2.11. The van der Waals surface area contributed by atoms with Crippen molar-refractivity contribution in [1.82, 2.24) is 0 Å². The summed E-state index contributed by atoms with van der Waals surface area (Å²) < 4.78 is 13.3. The quantitative estimate of drug-likeness (QED) is 0.846. The van der Waals surface area contributed by atoms with Crippen LogP contribution >= 0.6 is 11.3 Å². The van der Waals surface area contributed by atoms with E-state index in [0.717, 1.165) is 16.0 Å². The zero-order chi connectivity index (χ0) is 11.7. The minimum atomic E-state index is -0.229. The molecule has 0 saturated heterocycles. The second kappa shape index (κ2) is 4.36. The first-order valence-corrected chi connectivity index (χ1v) is 5.97. The Morgan fingerprint density at radius 2 is 1.94 bits per heavy atom. The molecule has 2 rings (SSSR count). The molecule has 1 heterocycles. The van der Waals surface area contributed by atoms with Crippen LogP contribution < -0.4 is 5.73 Å². The Bertz CT molecular complexity index is 484. The number of halogens is 1. The molecule has 1 nitrogen and oxygen atoms in total. The molecule has 1 atom stereocenters. The van der Waals surface area contributed by atoms with E-state index in [0.29, 0.717) is 0 Å². The van der Waals surface area contributed by atoms with Crippen molar-refractivity contribution in [2.75, 3.05) is 0 Å². The molecule has 2 aromatic rings. The average molecular weight is 235 g/mol. The van der Waals surface area contributed by atoms with Crippen LogP contribution in [0.15, 0.2) is 30.3 Å². The van der Waals surface area contributed by atoms with Gasteiger partial charge < -0.3 is 5.73 Å². The third kappa shape index (κ3) is 2.31. The van der Waals surface area contributed by atoms with E-state index in [1.807, 2.05) is 32.0 Å². The highest BCUT2D eigenvalue weighted by Crippen LogP contribution is 2.27. The van der Waals surface area contributed by atoms with Gasteiger partial charge >= 0.3 is 0 Å². The third-order valence-corrected chi connectivity index (χ3v) is 3.58. The van der Waals surface area contributed by atoms with Crippen molar-refractivity contribution in [3.8, 4) is 0 Å². The zero-order valence-corrected chi connectivity index (χ0v) is 10.1. The van der Waals surface area contributed by atoms with Crippen molar-refractivity contribution in [2.24, 2.45) is 5.73 Å². The molecule has 1 aromatic heterocycles. The topological polar surface area (TPSA) is 26.0 Å². The summed E-state index contributed by atoms with van der Waals surface area (Å²) in [5.41, 5.74) is 7.85. The van der Waals surface area contributed by atoms with E-state index < -0.39 is 0 Å². The number of rotatable bonds is 2. The van der Waals surface area contributed by atoms with E-state index in [-0.39, 0.29) is 11.9 Å². The first-order chi connectivity index (χ1) is 7.56. The molecule has 2 N–H and O–H groups in total. The maximum absolute atomic E-state index is 13.3. The van der Waals surface area contributed by atoms with Gasteiger partial charge in [0.1, 0.15) is 5.82 Å². The molecule has 0 spiro atoms. The summed E-state index contributed by atoms with van der Waals surface area (Å²) in [5, 5.41) is 0. The monoisotopic (exact) mass is 235 g/mol. The molecular formula is C13H14FNS. The summed E-state index contributed by atoms with van der Waals surface area (Å²) >= 11 is 1.65. The van der Waals surface area contributed by atoms with Crippen molar-refractivity contribution in [3.05, 3.63) is 57.0 Å². The summed E-state index contributed by atoms with van der Waals surface area (Å²) in [4.78, 5) is 2.29. The van der Waals surface area contributed by atoms with E-state index in [1.54, 1.807) is 11.3 Å². The van der Waals surface area contributed by atoms with Crippen LogP contribution in [0, 0.1) is 19.7 Å². The van der Waals surface area contributed by atoms with Crippen LogP contribution in [0.3, 0.4) is 0 Å². The van der Waals surface area contributed by atoms with Crippen LogP contribution in [-0.4, -0.2) is 0 Å². The molecule has 0 aliphatic rings. The summed E-state index contributed by atoms with van der Waals surface area (Å²) in [6.45, 7) is 3.91. The number of aryl methyl sites for hydroxylation is 2. The number of benzene rings is 1. The highest BCUT2D eigenvalue weighted by Gasteiger charge is 2.12. The van der Waals surface area contributed by atoms with Gasteiger partial charge in [-0.1, -0.05) is 6.07 Å². The van der Waals surface area contributed by atoms with Crippen molar-refractivity contribution in [2.45, 2.75) is 19.9 Å². The Morgan fingerprint density at radius 3 is 2.50 bits per heavy atom. The summed E-state index contributed by atoms with van der Waals surface area (Å²) in [6.07, 6.45) is 0. The van der Waals surface area contributed by atoms with Crippen molar-refractivity contribution in [3.63, 3.8) is 0 Å². The van der Waals surface area contributed by atoms with Gasteiger partial charge in [0.15, 0.2) is 0 Å². The van der Waals surface area contributed by atoms with E-state index >= 15 is 0 Å². The molecule has 0 bridgehead atoms. The second-order valence-electron chi connectivity index (χ2n) is 3.99. The Kier molecular flexibility index (Phi) is 3.08. The normalized spacial score (nSPS) is 12.8. The van der Waals surface area contributed by atoms with Crippen molar-refractivity contribution in [1.29, 1.82) is 0 Å². The largest absolute Gasteiger partial charge is 0.320 e. The van der Waals surface area contributed by atoms with Crippen molar-refractivity contribution >= 4 is 11.3 Å². The van der Waals surface area contributed by atoms with Gasteiger partial charge in [0.2, 0.25) is 0 Å². The van der Waals surface area contributed by atoms with Crippen molar-refractivity contribution < 1.29 is 4.39 Å². The molecule has 1 aromatic carbocycles. The Hall–Kier alpha value is -1.19. The lowest BCUT2D eigenvalue weighted by atomic mass is 10.0.